The molecular formula is C21H23ClN2O2. The van der Waals surface area contributed by atoms with Gasteiger partial charge in [0.25, 0.3) is 0 Å². The van der Waals surface area contributed by atoms with E-state index in [1.54, 1.807) is 0 Å². The van der Waals surface area contributed by atoms with Crippen molar-refractivity contribution in [1.29, 1.82) is 0 Å². The van der Waals surface area contributed by atoms with E-state index in [2.05, 4.69) is 29.4 Å². The molecule has 0 fully saturated rings. The van der Waals surface area contributed by atoms with Crippen molar-refractivity contribution in [2.75, 3.05) is 18.9 Å². The van der Waals surface area contributed by atoms with Crippen LogP contribution < -0.4 is 5.32 Å². The van der Waals surface area contributed by atoms with E-state index < -0.39 is 0 Å². The van der Waals surface area contributed by atoms with Crippen LogP contribution in [0.4, 0.5) is 5.69 Å². The molecule has 1 aliphatic heterocycles. The quantitative estimate of drug-likeness (QED) is 0.799. The van der Waals surface area contributed by atoms with Crippen molar-refractivity contribution in [3.8, 4) is 5.75 Å². The van der Waals surface area contributed by atoms with Gasteiger partial charge in [-0.25, -0.2) is 0 Å². The Morgan fingerprint density at radius 2 is 1.96 bits per heavy atom. The molecule has 0 saturated heterocycles. The first-order valence-electron chi connectivity index (χ1n) is 9.06. The summed E-state index contributed by atoms with van der Waals surface area (Å²) in [5.74, 6) is 0.296. The Balaban J connectivity index is 1.85. The summed E-state index contributed by atoms with van der Waals surface area (Å²) in [6, 6.07) is 10.4. The van der Waals surface area contributed by atoms with Crippen LogP contribution in [0.15, 0.2) is 30.3 Å². The van der Waals surface area contributed by atoms with Gasteiger partial charge in [0.05, 0.1) is 5.02 Å². The summed E-state index contributed by atoms with van der Waals surface area (Å²) >= 11 is 6.18. The zero-order valence-corrected chi connectivity index (χ0v) is 15.8. The van der Waals surface area contributed by atoms with Gasteiger partial charge in [0.15, 0.2) is 0 Å². The fourth-order valence-corrected chi connectivity index (χ4v) is 4.71. The predicted octanol–water partition coefficient (Wildman–Crippen LogP) is 3.94. The highest BCUT2D eigenvalue weighted by atomic mass is 35.5. The van der Waals surface area contributed by atoms with Crippen molar-refractivity contribution >= 4 is 23.2 Å². The lowest BCUT2D eigenvalue weighted by molar-refractivity contribution is -0.114. The summed E-state index contributed by atoms with van der Waals surface area (Å²) in [4.78, 5) is 13.8. The van der Waals surface area contributed by atoms with E-state index in [9.17, 15) is 9.90 Å². The molecule has 0 spiro atoms. The van der Waals surface area contributed by atoms with E-state index in [1.165, 1.54) is 29.2 Å². The van der Waals surface area contributed by atoms with Crippen LogP contribution in [-0.4, -0.2) is 35.5 Å². The zero-order chi connectivity index (χ0) is 18.4. The number of rotatable bonds is 1. The first-order chi connectivity index (χ1) is 12.4. The van der Waals surface area contributed by atoms with Gasteiger partial charge < -0.3 is 15.3 Å². The van der Waals surface area contributed by atoms with E-state index in [4.69, 9.17) is 11.6 Å². The number of aromatic hydroxyl groups is 1. The van der Waals surface area contributed by atoms with Gasteiger partial charge in [-0.3, -0.25) is 4.79 Å². The molecule has 2 aliphatic rings. The van der Waals surface area contributed by atoms with Crippen molar-refractivity contribution in [1.82, 2.24) is 4.90 Å². The van der Waals surface area contributed by atoms with Crippen molar-refractivity contribution in [2.24, 2.45) is 0 Å². The Kier molecular flexibility index (Phi) is 4.41. The molecule has 2 aromatic carbocycles. The minimum absolute atomic E-state index is 0.0576. The normalized spacial score (nSPS) is 22.0. The maximum absolute atomic E-state index is 11.4. The third-order valence-electron chi connectivity index (χ3n) is 5.74. The molecule has 2 N–H and O–H groups in total. The lowest BCUT2D eigenvalue weighted by Gasteiger charge is -2.38. The van der Waals surface area contributed by atoms with Crippen molar-refractivity contribution < 1.29 is 9.90 Å². The SMILES string of the molecule is CC(=O)Nc1ccc2c(c1)CC[C@H]1[C@H]2c2cc(O)c(Cl)cc2CCN1C. The lowest BCUT2D eigenvalue weighted by atomic mass is 9.74. The number of anilines is 1. The van der Waals surface area contributed by atoms with Crippen LogP contribution in [0, 0.1) is 0 Å². The summed E-state index contributed by atoms with van der Waals surface area (Å²) in [5.41, 5.74) is 5.79. The average Bonchev–Trinajstić information content (AvgIpc) is 2.72. The number of carbonyl (C=O) groups is 1. The molecular weight excluding hydrogens is 348 g/mol. The van der Waals surface area contributed by atoms with E-state index in [0.29, 0.717) is 11.1 Å². The molecule has 0 bridgehead atoms. The number of phenolic OH excluding ortho intramolecular Hbond substituents is 1. The number of benzene rings is 2. The van der Waals surface area contributed by atoms with Crippen LogP contribution >= 0.6 is 11.6 Å². The number of hydrogen-bond acceptors (Lipinski definition) is 3. The molecule has 1 aliphatic carbocycles. The first-order valence-corrected chi connectivity index (χ1v) is 9.44. The molecule has 5 heteroatoms. The number of nitrogens with zero attached hydrogens (tertiary/aromatic N) is 1. The smallest absolute Gasteiger partial charge is 0.221 e. The van der Waals surface area contributed by atoms with Crippen LogP contribution in [0.5, 0.6) is 5.75 Å². The number of likely N-dealkylation sites (N-methyl/N-ethyl adjacent to an activating group) is 1. The third kappa shape index (κ3) is 2.97. The third-order valence-corrected chi connectivity index (χ3v) is 6.04. The molecule has 0 aromatic heterocycles. The Labute approximate surface area is 158 Å². The van der Waals surface area contributed by atoms with Crippen molar-refractivity contribution in [3.63, 3.8) is 0 Å². The number of hydrogen-bond donors (Lipinski definition) is 2. The number of carbonyl (C=O) groups excluding carboxylic acids is 1. The number of phenols is 1. The Morgan fingerprint density at radius 1 is 1.19 bits per heavy atom. The van der Waals surface area contributed by atoms with Gasteiger partial charge in [-0.15, -0.1) is 0 Å². The van der Waals surface area contributed by atoms with Crippen LogP contribution in [0.1, 0.15) is 41.5 Å². The second-order valence-corrected chi connectivity index (χ2v) is 7.82. The summed E-state index contributed by atoms with van der Waals surface area (Å²) < 4.78 is 0. The molecule has 4 nitrogen and oxygen atoms in total. The van der Waals surface area contributed by atoms with Gasteiger partial charge in [-0.2, -0.15) is 0 Å². The lowest BCUT2D eigenvalue weighted by Crippen LogP contribution is -2.39. The fraction of sp³-hybridized carbons (Fsp3) is 0.381. The van der Waals surface area contributed by atoms with Crippen molar-refractivity contribution in [3.05, 3.63) is 57.6 Å². The molecule has 1 heterocycles. The van der Waals surface area contributed by atoms with Gasteiger partial charge >= 0.3 is 0 Å². The molecule has 2 atom stereocenters. The minimum atomic E-state index is -0.0576. The minimum Gasteiger partial charge on any atom is -0.506 e. The molecule has 0 radical (unpaired) electrons. The fourth-order valence-electron chi connectivity index (χ4n) is 4.52. The molecule has 2 aromatic rings. The summed E-state index contributed by atoms with van der Waals surface area (Å²) in [6.45, 7) is 2.51. The van der Waals surface area contributed by atoms with E-state index >= 15 is 0 Å². The monoisotopic (exact) mass is 370 g/mol. The summed E-state index contributed by atoms with van der Waals surface area (Å²) in [6.07, 6.45) is 2.97. The number of nitrogens with one attached hydrogen (secondary N) is 1. The van der Waals surface area contributed by atoms with Crippen LogP contribution in [0.3, 0.4) is 0 Å². The second-order valence-electron chi connectivity index (χ2n) is 7.41. The van der Waals surface area contributed by atoms with Gasteiger partial charge in [0, 0.05) is 31.1 Å². The topological polar surface area (TPSA) is 52.6 Å². The standard InChI is InChI=1S/C21H23ClN2O2/c1-12(25)23-15-4-5-16-13(9-15)3-6-19-21(16)17-11-20(26)18(22)10-14(17)7-8-24(19)2/h4-5,9-11,19,21,26H,3,6-8H2,1-2H3,(H,23,25)/t19-,21+/m0/s1. The highest BCUT2D eigenvalue weighted by Crippen LogP contribution is 2.44. The molecule has 0 saturated carbocycles. The molecule has 0 unspecified atom stereocenters. The number of halogens is 1. The Bertz CT molecular complexity index is 881. The maximum atomic E-state index is 11.4. The first kappa shape index (κ1) is 17.4. The highest BCUT2D eigenvalue weighted by molar-refractivity contribution is 6.32. The largest absolute Gasteiger partial charge is 0.506 e. The van der Waals surface area contributed by atoms with E-state index in [-0.39, 0.29) is 17.6 Å². The predicted molar refractivity (Wildman–Crippen MR) is 104 cm³/mol. The van der Waals surface area contributed by atoms with Crippen LogP contribution in [-0.2, 0) is 17.6 Å². The molecule has 4 rings (SSSR count). The van der Waals surface area contributed by atoms with Gasteiger partial charge in [-0.05, 0) is 72.8 Å². The Morgan fingerprint density at radius 3 is 2.73 bits per heavy atom. The molecule has 1 amide bonds. The zero-order valence-electron chi connectivity index (χ0n) is 15.1. The Hall–Kier alpha value is -2.04. The second kappa shape index (κ2) is 6.60. The van der Waals surface area contributed by atoms with Crippen molar-refractivity contribution in [2.45, 2.75) is 38.1 Å². The van der Waals surface area contributed by atoms with Crippen LogP contribution in [0.25, 0.3) is 0 Å². The number of aryl methyl sites for hydroxylation is 1. The number of fused-ring (bicyclic) bond motifs is 5. The average molecular weight is 371 g/mol. The highest BCUT2D eigenvalue weighted by Gasteiger charge is 2.36. The van der Waals surface area contributed by atoms with Gasteiger partial charge in [-0.1, -0.05) is 17.7 Å². The van der Waals surface area contributed by atoms with E-state index in [0.717, 1.165) is 31.5 Å². The molecule has 136 valence electrons. The maximum Gasteiger partial charge on any atom is 0.221 e. The molecule has 26 heavy (non-hydrogen) atoms. The van der Waals surface area contributed by atoms with Gasteiger partial charge in [0.1, 0.15) is 5.75 Å². The van der Waals surface area contributed by atoms with Gasteiger partial charge in [0.2, 0.25) is 5.91 Å². The summed E-state index contributed by atoms with van der Waals surface area (Å²) in [5, 5.41) is 13.5. The number of amides is 1. The van der Waals surface area contributed by atoms with E-state index in [1.807, 2.05) is 18.2 Å². The van der Waals surface area contributed by atoms with Crippen LogP contribution in [0.2, 0.25) is 5.02 Å². The summed E-state index contributed by atoms with van der Waals surface area (Å²) in [7, 11) is 2.18.